The van der Waals surface area contributed by atoms with Crippen LogP contribution in [0.2, 0.25) is 0 Å². The number of carbonyl (C=O) groups is 1. The number of fused-ring (bicyclic) bond motifs is 1. The summed E-state index contributed by atoms with van der Waals surface area (Å²) in [5.74, 6) is -0.0460. The fourth-order valence-electron chi connectivity index (χ4n) is 2.77. The minimum atomic E-state index is -0.0460. The summed E-state index contributed by atoms with van der Waals surface area (Å²) in [6, 6.07) is 12.0. The lowest BCUT2D eigenvalue weighted by Crippen LogP contribution is -2.24. The molecule has 0 atom stereocenters. The Morgan fingerprint density at radius 2 is 1.95 bits per heavy atom. The number of nitrogens with one attached hydrogen (secondary N) is 2. The molecule has 0 aromatic heterocycles. The van der Waals surface area contributed by atoms with Gasteiger partial charge in [-0.1, -0.05) is 23.8 Å². The van der Waals surface area contributed by atoms with E-state index in [-0.39, 0.29) is 5.91 Å². The van der Waals surface area contributed by atoms with Gasteiger partial charge in [0.1, 0.15) is 0 Å². The topological polar surface area (TPSA) is 41.1 Å². The lowest BCUT2D eigenvalue weighted by Gasteiger charge is -2.18. The van der Waals surface area contributed by atoms with Gasteiger partial charge in [0.25, 0.3) is 5.91 Å². The second-order valence-electron chi connectivity index (χ2n) is 5.68. The van der Waals surface area contributed by atoms with E-state index >= 15 is 0 Å². The largest absolute Gasteiger partial charge is 0.322 e. The number of aryl methyl sites for hydroxylation is 2. The molecule has 2 aromatic rings. The Labute approximate surface area is 125 Å². The van der Waals surface area contributed by atoms with Crippen LogP contribution in [0.1, 0.15) is 32.6 Å². The molecule has 0 spiro atoms. The van der Waals surface area contributed by atoms with Crippen molar-refractivity contribution in [3.05, 3.63) is 64.2 Å². The summed E-state index contributed by atoms with van der Waals surface area (Å²) in [7, 11) is 0. The Hall–Kier alpha value is -2.13. The fourth-order valence-corrected chi connectivity index (χ4v) is 2.77. The zero-order valence-electron chi connectivity index (χ0n) is 12.5. The van der Waals surface area contributed by atoms with Gasteiger partial charge in [-0.3, -0.25) is 4.79 Å². The summed E-state index contributed by atoms with van der Waals surface area (Å²) in [6.07, 6.45) is 1.04. The van der Waals surface area contributed by atoms with E-state index in [1.54, 1.807) is 0 Å². The zero-order chi connectivity index (χ0) is 14.8. The summed E-state index contributed by atoms with van der Waals surface area (Å²) in [5, 5.41) is 6.34. The molecule has 1 amide bonds. The van der Waals surface area contributed by atoms with Gasteiger partial charge >= 0.3 is 0 Å². The summed E-state index contributed by atoms with van der Waals surface area (Å²) in [4.78, 5) is 12.4. The van der Waals surface area contributed by atoms with E-state index < -0.39 is 0 Å². The predicted octanol–water partition coefficient (Wildman–Crippen LogP) is 3.20. The van der Waals surface area contributed by atoms with Gasteiger partial charge in [-0.15, -0.1) is 0 Å². The highest BCUT2D eigenvalue weighted by Crippen LogP contribution is 2.19. The van der Waals surface area contributed by atoms with Crippen LogP contribution in [0, 0.1) is 13.8 Å². The molecule has 1 heterocycles. The molecule has 0 saturated heterocycles. The van der Waals surface area contributed by atoms with Gasteiger partial charge in [-0.2, -0.15) is 0 Å². The van der Waals surface area contributed by atoms with Crippen molar-refractivity contribution >= 4 is 11.6 Å². The number of rotatable bonds is 2. The quantitative estimate of drug-likeness (QED) is 0.887. The third kappa shape index (κ3) is 2.98. The van der Waals surface area contributed by atoms with Crippen molar-refractivity contribution in [2.45, 2.75) is 26.8 Å². The number of carbonyl (C=O) groups excluding carboxylic acids is 1. The van der Waals surface area contributed by atoms with Crippen LogP contribution in [0.15, 0.2) is 36.4 Å². The maximum Gasteiger partial charge on any atom is 0.255 e. The van der Waals surface area contributed by atoms with Gasteiger partial charge in [-0.25, -0.2) is 0 Å². The van der Waals surface area contributed by atoms with Crippen LogP contribution in [0.5, 0.6) is 0 Å². The average Bonchev–Trinajstić information content (AvgIpc) is 2.49. The average molecular weight is 280 g/mol. The van der Waals surface area contributed by atoms with E-state index in [1.807, 2.05) is 31.2 Å². The number of benzene rings is 2. The third-order valence-electron chi connectivity index (χ3n) is 3.99. The molecule has 0 radical (unpaired) electrons. The van der Waals surface area contributed by atoms with Crippen LogP contribution < -0.4 is 10.6 Å². The number of hydrogen-bond donors (Lipinski definition) is 2. The predicted molar refractivity (Wildman–Crippen MR) is 85.7 cm³/mol. The van der Waals surface area contributed by atoms with E-state index in [0.29, 0.717) is 0 Å². The molecule has 1 aliphatic rings. The van der Waals surface area contributed by atoms with E-state index in [9.17, 15) is 4.79 Å². The van der Waals surface area contributed by atoms with Gasteiger partial charge in [0, 0.05) is 17.8 Å². The lowest BCUT2D eigenvalue weighted by atomic mass is 9.98. The molecule has 1 aliphatic heterocycles. The Morgan fingerprint density at radius 1 is 1.10 bits per heavy atom. The Kier molecular flexibility index (Phi) is 3.76. The van der Waals surface area contributed by atoms with Crippen molar-refractivity contribution in [1.29, 1.82) is 0 Å². The molecule has 3 rings (SSSR count). The summed E-state index contributed by atoms with van der Waals surface area (Å²) in [5.41, 5.74) is 6.46. The van der Waals surface area contributed by atoms with E-state index in [1.165, 1.54) is 16.7 Å². The Morgan fingerprint density at radius 3 is 2.76 bits per heavy atom. The molecule has 108 valence electrons. The van der Waals surface area contributed by atoms with Gasteiger partial charge < -0.3 is 10.6 Å². The van der Waals surface area contributed by atoms with E-state index in [0.717, 1.165) is 36.3 Å². The fraction of sp³-hybridized carbons (Fsp3) is 0.278. The smallest absolute Gasteiger partial charge is 0.255 e. The van der Waals surface area contributed by atoms with Crippen molar-refractivity contribution < 1.29 is 4.79 Å². The monoisotopic (exact) mass is 280 g/mol. The van der Waals surface area contributed by atoms with Crippen molar-refractivity contribution in [1.82, 2.24) is 5.32 Å². The van der Waals surface area contributed by atoms with E-state index in [2.05, 4.69) is 29.7 Å². The molecule has 3 nitrogen and oxygen atoms in total. The molecule has 0 bridgehead atoms. The van der Waals surface area contributed by atoms with Crippen molar-refractivity contribution in [2.24, 2.45) is 0 Å². The van der Waals surface area contributed by atoms with Crippen LogP contribution in [-0.2, 0) is 13.0 Å². The zero-order valence-corrected chi connectivity index (χ0v) is 12.5. The first-order valence-corrected chi connectivity index (χ1v) is 7.34. The Bertz CT molecular complexity index is 692. The third-order valence-corrected chi connectivity index (χ3v) is 3.99. The highest BCUT2D eigenvalue weighted by molar-refractivity contribution is 6.04. The van der Waals surface area contributed by atoms with Gasteiger partial charge in [0.15, 0.2) is 0 Å². The standard InChI is InChI=1S/C18H20N2O/c1-12-3-6-17(13(2)9-12)20-18(21)15-5-4-14-7-8-19-11-16(14)10-15/h3-6,9-10,19H,7-8,11H2,1-2H3,(H,20,21). The minimum Gasteiger partial charge on any atom is -0.322 e. The normalized spacial score (nSPS) is 13.6. The molecular weight excluding hydrogens is 260 g/mol. The second-order valence-corrected chi connectivity index (χ2v) is 5.68. The molecule has 21 heavy (non-hydrogen) atoms. The lowest BCUT2D eigenvalue weighted by molar-refractivity contribution is 0.102. The highest BCUT2D eigenvalue weighted by Gasteiger charge is 2.13. The number of anilines is 1. The molecule has 0 aliphatic carbocycles. The van der Waals surface area contributed by atoms with Gasteiger partial charge in [0.2, 0.25) is 0 Å². The van der Waals surface area contributed by atoms with Gasteiger partial charge in [0.05, 0.1) is 0 Å². The van der Waals surface area contributed by atoms with Crippen LogP contribution in [0.4, 0.5) is 5.69 Å². The maximum atomic E-state index is 12.4. The van der Waals surface area contributed by atoms with Crippen LogP contribution in [0.3, 0.4) is 0 Å². The molecule has 0 fully saturated rings. The minimum absolute atomic E-state index is 0.0460. The molecular formula is C18H20N2O. The second kappa shape index (κ2) is 5.70. The molecule has 2 aromatic carbocycles. The van der Waals surface area contributed by atoms with Gasteiger partial charge in [-0.05, 0) is 61.7 Å². The molecule has 0 saturated carbocycles. The number of amides is 1. The molecule has 0 unspecified atom stereocenters. The summed E-state index contributed by atoms with van der Waals surface area (Å²) >= 11 is 0. The Balaban J connectivity index is 1.82. The summed E-state index contributed by atoms with van der Waals surface area (Å²) in [6.45, 7) is 5.93. The SMILES string of the molecule is Cc1ccc(NC(=O)c2ccc3c(c2)CNCC3)c(C)c1. The van der Waals surface area contributed by atoms with Crippen molar-refractivity contribution in [3.63, 3.8) is 0 Å². The van der Waals surface area contributed by atoms with Crippen LogP contribution in [0.25, 0.3) is 0 Å². The number of hydrogen-bond acceptors (Lipinski definition) is 2. The van der Waals surface area contributed by atoms with Crippen LogP contribution in [-0.4, -0.2) is 12.5 Å². The first kappa shape index (κ1) is 13.8. The summed E-state index contributed by atoms with van der Waals surface area (Å²) < 4.78 is 0. The van der Waals surface area contributed by atoms with Crippen molar-refractivity contribution in [3.8, 4) is 0 Å². The van der Waals surface area contributed by atoms with Crippen molar-refractivity contribution in [2.75, 3.05) is 11.9 Å². The van der Waals surface area contributed by atoms with E-state index in [4.69, 9.17) is 0 Å². The molecule has 3 heteroatoms. The first-order valence-electron chi connectivity index (χ1n) is 7.34. The highest BCUT2D eigenvalue weighted by atomic mass is 16.1. The first-order chi connectivity index (χ1) is 10.1. The maximum absolute atomic E-state index is 12.4. The molecule has 2 N–H and O–H groups in total. The van der Waals surface area contributed by atoms with Crippen LogP contribution >= 0.6 is 0 Å².